The minimum absolute atomic E-state index is 0.250. The summed E-state index contributed by atoms with van der Waals surface area (Å²) in [6.45, 7) is 2.09. The van der Waals surface area contributed by atoms with E-state index in [9.17, 15) is 4.79 Å². The average Bonchev–Trinajstić information content (AvgIpc) is 2.71. The van der Waals surface area contributed by atoms with Crippen LogP contribution in [0.3, 0.4) is 0 Å². The standard InChI is InChI=1S/C22H21NO5/c1-16-6-4-7-17(22(16)28-15-21(24)25)13-26-19-9-5-10-20(12-19)27-14-18-8-2-3-11-23-18/h2-12H,13-15H2,1H3,(H,24,25). The minimum atomic E-state index is -1.02. The molecule has 0 radical (unpaired) electrons. The number of rotatable bonds is 9. The lowest BCUT2D eigenvalue weighted by molar-refractivity contribution is -0.139. The Morgan fingerprint density at radius 3 is 2.39 bits per heavy atom. The van der Waals surface area contributed by atoms with Gasteiger partial charge in [0.1, 0.15) is 30.5 Å². The Balaban J connectivity index is 1.63. The lowest BCUT2D eigenvalue weighted by atomic mass is 10.1. The van der Waals surface area contributed by atoms with Crippen molar-refractivity contribution in [3.05, 3.63) is 83.7 Å². The van der Waals surface area contributed by atoms with Crippen molar-refractivity contribution in [2.45, 2.75) is 20.1 Å². The first-order valence-electron chi connectivity index (χ1n) is 8.80. The van der Waals surface area contributed by atoms with Gasteiger partial charge in [0.2, 0.25) is 0 Å². The van der Waals surface area contributed by atoms with Gasteiger partial charge >= 0.3 is 5.97 Å². The number of para-hydroxylation sites is 1. The van der Waals surface area contributed by atoms with Crippen LogP contribution in [-0.4, -0.2) is 22.7 Å². The quantitative estimate of drug-likeness (QED) is 0.605. The Kier molecular flexibility index (Phi) is 6.46. The number of aliphatic carboxylic acids is 1. The van der Waals surface area contributed by atoms with Gasteiger partial charge in [0.05, 0.1) is 5.69 Å². The topological polar surface area (TPSA) is 77.9 Å². The van der Waals surface area contributed by atoms with Gasteiger partial charge in [-0.1, -0.05) is 30.3 Å². The normalized spacial score (nSPS) is 10.3. The van der Waals surface area contributed by atoms with Gasteiger partial charge in [0, 0.05) is 17.8 Å². The fourth-order valence-electron chi connectivity index (χ4n) is 2.62. The molecule has 0 aliphatic heterocycles. The zero-order valence-corrected chi connectivity index (χ0v) is 15.5. The first-order chi connectivity index (χ1) is 13.6. The zero-order chi connectivity index (χ0) is 19.8. The van der Waals surface area contributed by atoms with Crippen molar-refractivity contribution < 1.29 is 24.1 Å². The number of aromatic nitrogens is 1. The van der Waals surface area contributed by atoms with Crippen LogP contribution in [0.4, 0.5) is 0 Å². The van der Waals surface area contributed by atoms with E-state index in [-0.39, 0.29) is 6.61 Å². The summed E-state index contributed by atoms with van der Waals surface area (Å²) in [7, 11) is 0. The molecule has 28 heavy (non-hydrogen) atoms. The minimum Gasteiger partial charge on any atom is -0.489 e. The molecule has 0 spiro atoms. The molecular weight excluding hydrogens is 358 g/mol. The molecule has 0 fully saturated rings. The number of hydrogen-bond acceptors (Lipinski definition) is 5. The first kappa shape index (κ1) is 19.2. The van der Waals surface area contributed by atoms with Crippen LogP contribution in [0.5, 0.6) is 17.2 Å². The Morgan fingerprint density at radius 1 is 0.929 bits per heavy atom. The molecule has 0 amide bonds. The smallest absolute Gasteiger partial charge is 0.341 e. The third kappa shape index (κ3) is 5.48. The van der Waals surface area contributed by atoms with E-state index in [1.54, 1.807) is 12.3 Å². The molecule has 0 atom stereocenters. The van der Waals surface area contributed by atoms with Gasteiger partial charge in [0.15, 0.2) is 6.61 Å². The molecule has 144 valence electrons. The van der Waals surface area contributed by atoms with Gasteiger partial charge in [-0.2, -0.15) is 0 Å². The summed E-state index contributed by atoms with van der Waals surface area (Å²) < 4.78 is 17.0. The van der Waals surface area contributed by atoms with Crippen molar-refractivity contribution >= 4 is 5.97 Å². The molecule has 1 N–H and O–H groups in total. The summed E-state index contributed by atoms with van der Waals surface area (Å²) in [5, 5.41) is 8.85. The van der Waals surface area contributed by atoms with Crippen LogP contribution in [-0.2, 0) is 18.0 Å². The van der Waals surface area contributed by atoms with Gasteiger partial charge < -0.3 is 19.3 Å². The number of carboxylic acids is 1. The van der Waals surface area contributed by atoms with Crippen LogP contribution in [0.1, 0.15) is 16.8 Å². The maximum absolute atomic E-state index is 10.8. The molecule has 2 aromatic carbocycles. The summed E-state index contributed by atoms with van der Waals surface area (Å²) in [6.07, 6.45) is 1.73. The second-order valence-electron chi connectivity index (χ2n) is 6.12. The lowest BCUT2D eigenvalue weighted by Gasteiger charge is -2.14. The van der Waals surface area contributed by atoms with Crippen molar-refractivity contribution in [3.8, 4) is 17.2 Å². The van der Waals surface area contributed by atoms with Crippen LogP contribution in [0.2, 0.25) is 0 Å². The maximum atomic E-state index is 10.8. The van der Waals surface area contributed by atoms with Crippen LogP contribution >= 0.6 is 0 Å². The Morgan fingerprint density at radius 2 is 1.68 bits per heavy atom. The van der Waals surface area contributed by atoms with E-state index in [0.29, 0.717) is 23.9 Å². The monoisotopic (exact) mass is 379 g/mol. The Bertz CT molecular complexity index is 927. The van der Waals surface area contributed by atoms with Gasteiger partial charge in [-0.15, -0.1) is 0 Å². The lowest BCUT2D eigenvalue weighted by Crippen LogP contribution is -2.12. The number of pyridine rings is 1. The first-order valence-corrected chi connectivity index (χ1v) is 8.80. The molecule has 6 heteroatoms. The van der Waals surface area contributed by atoms with Gasteiger partial charge in [0.25, 0.3) is 0 Å². The third-order valence-corrected chi connectivity index (χ3v) is 3.95. The number of hydrogen-bond donors (Lipinski definition) is 1. The van der Waals surface area contributed by atoms with Crippen molar-refractivity contribution in [1.82, 2.24) is 4.98 Å². The number of carboxylic acid groups (broad SMARTS) is 1. The molecule has 1 heterocycles. The molecule has 0 saturated heterocycles. The molecule has 0 aliphatic carbocycles. The second kappa shape index (κ2) is 9.41. The fraction of sp³-hybridized carbons (Fsp3) is 0.182. The van der Waals surface area contributed by atoms with Gasteiger partial charge in [-0.05, 0) is 36.8 Å². The summed E-state index contributed by atoms with van der Waals surface area (Å²) in [6, 6.07) is 18.6. The van der Waals surface area contributed by atoms with E-state index in [0.717, 1.165) is 16.8 Å². The molecule has 0 unspecified atom stereocenters. The average molecular weight is 379 g/mol. The summed E-state index contributed by atoms with van der Waals surface area (Å²) in [4.78, 5) is 15.0. The number of nitrogens with zero attached hydrogens (tertiary/aromatic N) is 1. The maximum Gasteiger partial charge on any atom is 0.341 e. The zero-order valence-electron chi connectivity index (χ0n) is 15.5. The van der Waals surface area contributed by atoms with Crippen molar-refractivity contribution in [3.63, 3.8) is 0 Å². The number of aryl methyl sites for hydroxylation is 1. The van der Waals surface area contributed by atoms with Crippen LogP contribution < -0.4 is 14.2 Å². The highest BCUT2D eigenvalue weighted by atomic mass is 16.5. The molecule has 1 aromatic heterocycles. The number of benzene rings is 2. The molecule has 0 bridgehead atoms. The van der Waals surface area contributed by atoms with Crippen molar-refractivity contribution in [1.29, 1.82) is 0 Å². The van der Waals surface area contributed by atoms with Crippen molar-refractivity contribution in [2.75, 3.05) is 6.61 Å². The third-order valence-electron chi connectivity index (χ3n) is 3.95. The predicted octanol–water partition coefficient (Wildman–Crippen LogP) is 4.01. The molecule has 3 rings (SSSR count). The van der Waals surface area contributed by atoms with E-state index in [4.69, 9.17) is 19.3 Å². The van der Waals surface area contributed by atoms with Crippen LogP contribution in [0, 0.1) is 6.92 Å². The number of carbonyl (C=O) groups is 1. The highest BCUT2D eigenvalue weighted by Gasteiger charge is 2.10. The van der Waals surface area contributed by atoms with E-state index in [1.165, 1.54) is 0 Å². The van der Waals surface area contributed by atoms with E-state index < -0.39 is 12.6 Å². The largest absolute Gasteiger partial charge is 0.489 e. The predicted molar refractivity (Wildman–Crippen MR) is 104 cm³/mol. The summed E-state index contributed by atoms with van der Waals surface area (Å²) >= 11 is 0. The van der Waals surface area contributed by atoms with E-state index in [2.05, 4.69) is 4.98 Å². The van der Waals surface area contributed by atoms with Crippen molar-refractivity contribution in [2.24, 2.45) is 0 Å². The molecular formula is C22H21NO5. The second-order valence-corrected chi connectivity index (χ2v) is 6.12. The molecule has 0 saturated carbocycles. The highest BCUT2D eigenvalue weighted by Crippen LogP contribution is 2.26. The number of ether oxygens (including phenoxy) is 3. The fourth-order valence-corrected chi connectivity index (χ4v) is 2.62. The SMILES string of the molecule is Cc1cccc(COc2cccc(OCc3ccccn3)c2)c1OCC(=O)O. The summed E-state index contributed by atoms with van der Waals surface area (Å²) in [5.74, 6) is 0.833. The summed E-state index contributed by atoms with van der Waals surface area (Å²) in [5.41, 5.74) is 2.48. The van der Waals surface area contributed by atoms with Crippen LogP contribution in [0.15, 0.2) is 66.9 Å². The van der Waals surface area contributed by atoms with Crippen LogP contribution in [0.25, 0.3) is 0 Å². The van der Waals surface area contributed by atoms with Gasteiger partial charge in [-0.25, -0.2) is 4.79 Å². The molecule has 3 aromatic rings. The van der Waals surface area contributed by atoms with E-state index >= 15 is 0 Å². The highest BCUT2D eigenvalue weighted by molar-refractivity contribution is 5.68. The molecule has 0 aliphatic rings. The Labute approximate surface area is 163 Å². The molecule has 6 nitrogen and oxygen atoms in total. The van der Waals surface area contributed by atoms with Gasteiger partial charge in [-0.3, -0.25) is 4.98 Å². The van der Waals surface area contributed by atoms with E-state index in [1.807, 2.05) is 61.5 Å². The Hall–Kier alpha value is -3.54.